The summed E-state index contributed by atoms with van der Waals surface area (Å²) in [6.45, 7) is 1.86. The second-order valence-corrected chi connectivity index (χ2v) is 7.85. The van der Waals surface area contributed by atoms with Crippen LogP contribution in [0, 0.1) is 5.82 Å². The molecule has 8 nitrogen and oxygen atoms in total. The average Bonchev–Trinajstić information content (AvgIpc) is 3.39. The monoisotopic (exact) mass is 419 g/mol. The Morgan fingerprint density at radius 3 is 2.74 bits per heavy atom. The van der Waals surface area contributed by atoms with Crippen molar-refractivity contribution in [1.29, 1.82) is 0 Å². The molecular weight excluding hydrogens is 397 g/mol. The highest BCUT2D eigenvalue weighted by molar-refractivity contribution is 5.92. The van der Waals surface area contributed by atoms with Gasteiger partial charge in [0.15, 0.2) is 0 Å². The molecule has 5 rings (SSSR count). The fraction of sp³-hybridized carbons (Fsp3) is 0.273. The van der Waals surface area contributed by atoms with Crippen LogP contribution < -0.4 is 0 Å². The van der Waals surface area contributed by atoms with Crippen molar-refractivity contribution >= 4 is 11.4 Å². The first-order chi connectivity index (χ1) is 15.0. The average molecular weight is 419 g/mol. The standard InChI is InChI=1S/C22H22FN7O/c1-27-10-11-29(22(31)18-8-9-28(2)25-18)14-20(27)21-19-7-6-16(13-30(19)26-24-21)15-4-3-5-17(23)12-15/h3-9,12-13,20H,10-11,14H2,1-2H3. The molecule has 0 aliphatic carbocycles. The molecule has 0 N–H and O–H groups in total. The molecule has 9 heteroatoms. The summed E-state index contributed by atoms with van der Waals surface area (Å²) in [5.74, 6) is -0.359. The van der Waals surface area contributed by atoms with Gasteiger partial charge in [-0.3, -0.25) is 14.4 Å². The van der Waals surface area contributed by atoms with Crippen molar-refractivity contribution in [2.24, 2.45) is 7.05 Å². The predicted molar refractivity (Wildman–Crippen MR) is 113 cm³/mol. The maximum Gasteiger partial charge on any atom is 0.274 e. The number of aromatic nitrogens is 5. The Labute approximate surface area is 178 Å². The quantitative estimate of drug-likeness (QED) is 0.510. The van der Waals surface area contributed by atoms with Crippen molar-refractivity contribution in [3.8, 4) is 11.1 Å². The molecule has 4 heterocycles. The molecule has 1 aromatic carbocycles. The normalized spacial score (nSPS) is 17.4. The first kappa shape index (κ1) is 19.4. The van der Waals surface area contributed by atoms with Crippen LogP contribution in [0.1, 0.15) is 22.2 Å². The number of hydrogen-bond acceptors (Lipinski definition) is 5. The Morgan fingerprint density at radius 1 is 1.10 bits per heavy atom. The number of pyridine rings is 1. The molecular formula is C22H22FN7O. The van der Waals surface area contributed by atoms with Crippen LogP contribution in [0.3, 0.4) is 0 Å². The Balaban J connectivity index is 1.44. The third-order valence-corrected chi connectivity index (χ3v) is 5.78. The molecule has 31 heavy (non-hydrogen) atoms. The number of piperazine rings is 1. The minimum absolute atomic E-state index is 0.0800. The Morgan fingerprint density at radius 2 is 1.97 bits per heavy atom. The molecule has 1 aliphatic heterocycles. The second-order valence-electron chi connectivity index (χ2n) is 7.85. The van der Waals surface area contributed by atoms with Crippen molar-refractivity contribution in [2.45, 2.75) is 6.04 Å². The van der Waals surface area contributed by atoms with Gasteiger partial charge < -0.3 is 4.90 Å². The molecule has 3 aromatic heterocycles. The van der Waals surface area contributed by atoms with Gasteiger partial charge in [0.05, 0.1) is 11.6 Å². The summed E-state index contributed by atoms with van der Waals surface area (Å²) in [7, 11) is 3.82. The largest absolute Gasteiger partial charge is 0.334 e. The minimum Gasteiger partial charge on any atom is -0.334 e. The number of carbonyl (C=O) groups is 1. The van der Waals surface area contributed by atoms with E-state index >= 15 is 0 Å². The maximum atomic E-state index is 13.6. The number of nitrogens with zero attached hydrogens (tertiary/aromatic N) is 7. The molecule has 1 atom stereocenters. The van der Waals surface area contributed by atoms with E-state index in [0.717, 1.165) is 28.9 Å². The number of hydrogen-bond donors (Lipinski definition) is 0. The number of carbonyl (C=O) groups excluding carboxylic acids is 1. The number of aryl methyl sites for hydroxylation is 1. The summed E-state index contributed by atoms with van der Waals surface area (Å²) in [5, 5.41) is 13.0. The fourth-order valence-electron chi connectivity index (χ4n) is 4.03. The molecule has 1 saturated heterocycles. The van der Waals surface area contributed by atoms with E-state index in [4.69, 9.17) is 0 Å². The lowest BCUT2D eigenvalue weighted by Gasteiger charge is -2.38. The van der Waals surface area contributed by atoms with Crippen LogP contribution in [0.5, 0.6) is 0 Å². The molecule has 0 radical (unpaired) electrons. The van der Waals surface area contributed by atoms with Gasteiger partial charge in [-0.1, -0.05) is 23.4 Å². The summed E-state index contributed by atoms with van der Waals surface area (Å²) < 4.78 is 16.9. The van der Waals surface area contributed by atoms with Crippen LogP contribution in [0.15, 0.2) is 54.9 Å². The van der Waals surface area contributed by atoms with Crippen LogP contribution in [-0.2, 0) is 7.05 Å². The highest BCUT2D eigenvalue weighted by Gasteiger charge is 2.32. The Hall–Kier alpha value is -3.59. The molecule has 1 unspecified atom stereocenters. The first-order valence-corrected chi connectivity index (χ1v) is 10.1. The highest BCUT2D eigenvalue weighted by Crippen LogP contribution is 2.28. The molecule has 4 aromatic rings. The number of rotatable bonds is 3. The predicted octanol–water partition coefficient (Wildman–Crippen LogP) is 2.40. The minimum atomic E-state index is -0.279. The second kappa shape index (κ2) is 7.59. The summed E-state index contributed by atoms with van der Waals surface area (Å²) in [6, 6.07) is 12.0. The third kappa shape index (κ3) is 3.57. The van der Waals surface area contributed by atoms with Crippen LogP contribution in [-0.4, -0.2) is 67.0 Å². The van der Waals surface area contributed by atoms with Gasteiger partial charge in [0.25, 0.3) is 5.91 Å². The van der Waals surface area contributed by atoms with Gasteiger partial charge in [-0.05, 0) is 36.9 Å². The van der Waals surface area contributed by atoms with Gasteiger partial charge in [-0.25, -0.2) is 8.91 Å². The molecule has 1 fully saturated rings. The number of halogens is 1. The molecule has 0 saturated carbocycles. The smallest absolute Gasteiger partial charge is 0.274 e. The van der Waals surface area contributed by atoms with Gasteiger partial charge in [-0.15, -0.1) is 5.10 Å². The lowest BCUT2D eigenvalue weighted by Crippen LogP contribution is -2.49. The van der Waals surface area contributed by atoms with Crippen LogP contribution in [0.2, 0.25) is 0 Å². The molecule has 0 bridgehead atoms. The van der Waals surface area contributed by atoms with E-state index < -0.39 is 0 Å². The number of amides is 1. The van der Waals surface area contributed by atoms with Gasteiger partial charge >= 0.3 is 0 Å². The van der Waals surface area contributed by atoms with E-state index in [1.54, 1.807) is 34.6 Å². The number of benzene rings is 1. The van der Waals surface area contributed by atoms with Gasteiger partial charge in [0.1, 0.15) is 17.2 Å². The van der Waals surface area contributed by atoms with Gasteiger partial charge in [-0.2, -0.15) is 5.10 Å². The van der Waals surface area contributed by atoms with E-state index in [9.17, 15) is 9.18 Å². The molecule has 0 spiro atoms. The zero-order valence-corrected chi connectivity index (χ0v) is 17.3. The van der Waals surface area contributed by atoms with E-state index in [2.05, 4.69) is 20.3 Å². The SMILES string of the molecule is CN1CCN(C(=O)c2ccn(C)n2)CC1c1nnn2cc(-c3cccc(F)c3)ccc12. The van der Waals surface area contributed by atoms with Crippen LogP contribution in [0.25, 0.3) is 16.6 Å². The van der Waals surface area contributed by atoms with Crippen molar-refractivity contribution < 1.29 is 9.18 Å². The first-order valence-electron chi connectivity index (χ1n) is 10.1. The lowest BCUT2D eigenvalue weighted by molar-refractivity contribution is 0.0535. The van der Waals surface area contributed by atoms with Gasteiger partial charge in [0.2, 0.25) is 0 Å². The summed E-state index contributed by atoms with van der Waals surface area (Å²) in [6.07, 6.45) is 3.62. The lowest BCUT2D eigenvalue weighted by atomic mass is 10.1. The summed E-state index contributed by atoms with van der Waals surface area (Å²) in [5.41, 5.74) is 3.75. The van der Waals surface area contributed by atoms with E-state index in [0.29, 0.717) is 18.8 Å². The highest BCUT2D eigenvalue weighted by atomic mass is 19.1. The van der Waals surface area contributed by atoms with Crippen molar-refractivity contribution in [1.82, 2.24) is 34.4 Å². The summed E-state index contributed by atoms with van der Waals surface area (Å²) in [4.78, 5) is 16.9. The van der Waals surface area contributed by atoms with E-state index in [-0.39, 0.29) is 17.8 Å². The Kier molecular flexibility index (Phi) is 4.74. The number of fused-ring (bicyclic) bond motifs is 1. The fourth-order valence-corrected chi connectivity index (χ4v) is 4.03. The van der Waals surface area contributed by atoms with E-state index in [1.165, 1.54) is 12.1 Å². The molecule has 1 amide bonds. The molecule has 158 valence electrons. The van der Waals surface area contributed by atoms with E-state index in [1.807, 2.05) is 36.3 Å². The third-order valence-electron chi connectivity index (χ3n) is 5.78. The van der Waals surface area contributed by atoms with Crippen molar-refractivity contribution in [3.05, 3.63) is 72.1 Å². The zero-order chi connectivity index (χ0) is 21.5. The van der Waals surface area contributed by atoms with Crippen LogP contribution in [0.4, 0.5) is 4.39 Å². The zero-order valence-electron chi connectivity index (χ0n) is 17.3. The maximum absolute atomic E-state index is 13.6. The van der Waals surface area contributed by atoms with Crippen LogP contribution >= 0.6 is 0 Å². The number of likely N-dealkylation sites (N-methyl/N-ethyl adjacent to an activating group) is 1. The summed E-state index contributed by atoms with van der Waals surface area (Å²) >= 11 is 0. The van der Waals surface area contributed by atoms with Gasteiger partial charge in [0, 0.05) is 44.6 Å². The molecule has 1 aliphatic rings. The Bertz CT molecular complexity index is 1260. The van der Waals surface area contributed by atoms with Crippen molar-refractivity contribution in [3.63, 3.8) is 0 Å². The topological polar surface area (TPSA) is 71.6 Å². The van der Waals surface area contributed by atoms with Crippen molar-refractivity contribution in [2.75, 3.05) is 26.7 Å².